The van der Waals surface area contributed by atoms with Gasteiger partial charge in [0.1, 0.15) is 40.3 Å². The average Bonchev–Trinajstić information content (AvgIpc) is 3.15. The number of amides is 2. The third kappa shape index (κ3) is 3.84. The number of anilines is 1. The first kappa shape index (κ1) is 21.6. The Morgan fingerprint density at radius 3 is 2.41 bits per heavy atom. The zero-order chi connectivity index (χ0) is 23.2. The summed E-state index contributed by atoms with van der Waals surface area (Å²) in [5.41, 5.74) is -2.09. The highest BCUT2D eigenvalue weighted by Crippen LogP contribution is 2.36. The second-order valence-electron chi connectivity index (χ2n) is 7.63. The molecule has 6 nitrogen and oxygen atoms in total. The maximum atomic E-state index is 14.5. The molecule has 0 unspecified atom stereocenters. The Balaban J connectivity index is 1.90. The zero-order valence-electron chi connectivity index (χ0n) is 16.9. The first-order valence-corrected chi connectivity index (χ1v) is 9.47. The zero-order valence-corrected chi connectivity index (χ0v) is 16.9. The van der Waals surface area contributed by atoms with Crippen LogP contribution in [-0.4, -0.2) is 22.7 Å². The van der Waals surface area contributed by atoms with Crippen LogP contribution in [0.25, 0.3) is 16.9 Å². The van der Waals surface area contributed by atoms with Gasteiger partial charge in [0.2, 0.25) is 5.89 Å². The van der Waals surface area contributed by atoms with Crippen LogP contribution in [0, 0.1) is 23.3 Å². The smallest absolute Gasteiger partial charge is 0.326 e. The van der Waals surface area contributed by atoms with E-state index < -0.39 is 40.6 Å². The van der Waals surface area contributed by atoms with Crippen LogP contribution in [0.3, 0.4) is 0 Å². The average molecular weight is 447 g/mol. The predicted octanol–water partition coefficient (Wildman–Crippen LogP) is 4.70. The van der Waals surface area contributed by atoms with E-state index in [0.29, 0.717) is 6.07 Å². The number of aliphatic hydroxyl groups is 1. The topological polar surface area (TPSA) is 78.6 Å². The van der Waals surface area contributed by atoms with Gasteiger partial charge in [-0.15, -0.1) is 0 Å². The number of hydrogen-bond donors (Lipinski definition) is 2. The number of urea groups is 1. The molecule has 3 aromatic rings. The molecule has 0 fully saturated rings. The quantitative estimate of drug-likeness (QED) is 0.569. The van der Waals surface area contributed by atoms with Crippen LogP contribution in [-0.2, 0) is 5.60 Å². The summed E-state index contributed by atoms with van der Waals surface area (Å²) >= 11 is 0. The summed E-state index contributed by atoms with van der Waals surface area (Å²) in [6.07, 6.45) is 1.15. The molecule has 0 bridgehead atoms. The van der Waals surface area contributed by atoms with Gasteiger partial charge in [-0.3, -0.25) is 4.90 Å². The van der Waals surface area contributed by atoms with Crippen LogP contribution in [0.5, 0.6) is 0 Å². The first-order chi connectivity index (χ1) is 15.1. The molecule has 2 aromatic carbocycles. The summed E-state index contributed by atoms with van der Waals surface area (Å²) in [5.74, 6) is -4.01. The molecule has 0 saturated heterocycles. The number of carbonyl (C=O) groups is 1. The number of hydrogen-bond acceptors (Lipinski definition) is 4. The van der Waals surface area contributed by atoms with E-state index in [1.165, 1.54) is 13.8 Å². The number of aromatic nitrogens is 1. The minimum Gasteiger partial charge on any atom is -0.437 e. The van der Waals surface area contributed by atoms with Gasteiger partial charge in [0, 0.05) is 24.4 Å². The molecule has 1 aromatic heterocycles. The molecule has 1 aliphatic heterocycles. The minimum absolute atomic E-state index is 0.00869. The van der Waals surface area contributed by atoms with Crippen molar-refractivity contribution in [3.05, 3.63) is 77.5 Å². The number of para-hydroxylation sites is 1. The molecule has 2 amide bonds. The summed E-state index contributed by atoms with van der Waals surface area (Å²) in [5, 5.41) is 12.8. The molecule has 2 heterocycles. The Hall–Kier alpha value is -3.66. The van der Waals surface area contributed by atoms with Gasteiger partial charge >= 0.3 is 6.03 Å². The second-order valence-corrected chi connectivity index (χ2v) is 7.63. The summed E-state index contributed by atoms with van der Waals surface area (Å²) in [6, 6.07) is 5.17. The normalized spacial score (nSPS) is 14.4. The molecular formula is C22H17F4N3O3. The lowest BCUT2D eigenvalue weighted by Gasteiger charge is -2.26. The molecule has 0 saturated carbocycles. The number of nitrogens with zero attached hydrogens (tertiary/aromatic N) is 2. The fraction of sp³-hybridized carbons (Fsp3) is 0.182. The highest BCUT2D eigenvalue weighted by Gasteiger charge is 2.32. The van der Waals surface area contributed by atoms with Crippen molar-refractivity contribution in [1.82, 2.24) is 10.3 Å². The molecule has 0 aliphatic carbocycles. The molecule has 166 valence electrons. The maximum absolute atomic E-state index is 14.5. The van der Waals surface area contributed by atoms with E-state index in [-0.39, 0.29) is 35.0 Å². The van der Waals surface area contributed by atoms with E-state index in [0.717, 1.165) is 41.4 Å². The number of halogens is 4. The van der Waals surface area contributed by atoms with Crippen molar-refractivity contribution in [2.45, 2.75) is 19.4 Å². The standard InChI is InChI=1S/C22H17F4N3O3/c1-22(2,31)20-28-17(19(32-20)13-7-6-12(23)8-16(13)26)11-9-27-21(30)29(10-11)18-14(24)4-3-5-15(18)25/h3-8,10,31H,9H2,1-2H3,(H,27,30). The monoisotopic (exact) mass is 447 g/mol. The van der Waals surface area contributed by atoms with Crippen molar-refractivity contribution in [1.29, 1.82) is 0 Å². The van der Waals surface area contributed by atoms with Gasteiger partial charge in [-0.25, -0.2) is 27.3 Å². The molecule has 2 N–H and O–H groups in total. The summed E-state index contributed by atoms with van der Waals surface area (Å²) in [4.78, 5) is 17.3. The molecule has 10 heteroatoms. The van der Waals surface area contributed by atoms with E-state index in [4.69, 9.17) is 4.42 Å². The fourth-order valence-corrected chi connectivity index (χ4v) is 3.20. The van der Waals surface area contributed by atoms with Crippen molar-refractivity contribution in [3.8, 4) is 11.3 Å². The molecule has 4 rings (SSSR count). The van der Waals surface area contributed by atoms with E-state index in [1.807, 2.05) is 0 Å². The van der Waals surface area contributed by atoms with Gasteiger partial charge < -0.3 is 14.8 Å². The fourth-order valence-electron chi connectivity index (χ4n) is 3.20. The number of rotatable bonds is 4. The summed E-state index contributed by atoms with van der Waals surface area (Å²) in [7, 11) is 0. The van der Waals surface area contributed by atoms with E-state index in [9.17, 15) is 27.5 Å². The van der Waals surface area contributed by atoms with Crippen LogP contribution in [0.1, 0.15) is 25.4 Å². The Morgan fingerprint density at radius 2 is 1.78 bits per heavy atom. The van der Waals surface area contributed by atoms with Gasteiger partial charge in [0.05, 0.1) is 5.56 Å². The van der Waals surface area contributed by atoms with E-state index >= 15 is 0 Å². The van der Waals surface area contributed by atoms with Gasteiger partial charge in [-0.1, -0.05) is 6.07 Å². The lowest BCUT2D eigenvalue weighted by Crippen LogP contribution is -2.42. The summed E-state index contributed by atoms with van der Waals surface area (Å²) in [6.45, 7) is 2.66. The number of nitrogens with one attached hydrogen (secondary N) is 1. The third-order valence-electron chi connectivity index (χ3n) is 4.74. The molecule has 0 radical (unpaired) electrons. The van der Waals surface area contributed by atoms with Crippen molar-refractivity contribution in [3.63, 3.8) is 0 Å². The number of benzene rings is 2. The van der Waals surface area contributed by atoms with E-state index in [2.05, 4.69) is 10.3 Å². The van der Waals surface area contributed by atoms with Crippen LogP contribution >= 0.6 is 0 Å². The second kappa shape index (κ2) is 7.79. The Labute approximate surface area is 179 Å². The number of carbonyl (C=O) groups excluding carboxylic acids is 1. The Bertz CT molecular complexity index is 1230. The minimum atomic E-state index is -1.56. The molecule has 0 spiro atoms. The predicted molar refractivity (Wildman–Crippen MR) is 107 cm³/mol. The van der Waals surface area contributed by atoms with Crippen molar-refractivity contribution < 1.29 is 31.9 Å². The highest BCUT2D eigenvalue weighted by molar-refractivity contribution is 5.99. The van der Waals surface area contributed by atoms with Crippen molar-refractivity contribution >= 4 is 17.3 Å². The lowest BCUT2D eigenvalue weighted by molar-refractivity contribution is 0.0489. The van der Waals surface area contributed by atoms with Crippen molar-refractivity contribution in [2.24, 2.45) is 0 Å². The van der Waals surface area contributed by atoms with Crippen LogP contribution in [0.4, 0.5) is 28.0 Å². The van der Waals surface area contributed by atoms with Gasteiger partial charge in [0.15, 0.2) is 5.76 Å². The van der Waals surface area contributed by atoms with Crippen LogP contribution in [0.2, 0.25) is 0 Å². The van der Waals surface area contributed by atoms with Gasteiger partial charge in [-0.2, -0.15) is 0 Å². The van der Waals surface area contributed by atoms with Gasteiger partial charge in [-0.05, 0) is 38.1 Å². The van der Waals surface area contributed by atoms with Crippen LogP contribution < -0.4 is 10.2 Å². The Kier molecular flexibility index (Phi) is 5.25. The third-order valence-corrected chi connectivity index (χ3v) is 4.74. The number of oxazole rings is 1. The van der Waals surface area contributed by atoms with Gasteiger partial charge in [0.25, 0.3) is 0 Å². The summed E-state index contributed by atoms with van der Waals surface area (Å²) < 4.78 is 62.1. The lowest BCUT2D eigenvalue weighted by atomic mass is 10.0. The maximum Gasteiger partial charge on any atom is 0.326 e. The van der Waals surface area contributed by atoms with Crippen LogP contribution in [0.15, 0.2) is 47.0 Å². The van der Waals surface area contributed by atoms with E-state index in [1.54, 1.807) is 0 Å². The largest absolute Gasteiger partial charge is 0.437 e. The first-order valence-electron chi connectivity index (χ1n) is 9.47. The molecule has 1 aliphatic rings. The molecule has 0 atom stereocenters. The highest BCUT2D eigenvalue weighted by atomic mass is 19.1. The van der Waals surface area contributed by atoms with Crippen molar-refractivity contribution in [2.75, 3.05) is 11.4 Å². The SMILES string of the molecule is CC(C)(O)c1nc(C2=CN(c3c(F)cccc3F)C(=O)NC2)c(-c2ccc(F)cc2F)o1. The molecular weight excluding hydrogens is 430 g/mol. The Morgan fingerprint density at radius 1 is 1.09 bits per heavy atom. The molecule has 32 heavy (non-hydrogen) atoms.